The summed E-state index contributed by atoms with van der Waals surface area (Å²) in [7, 11) is -3.60. The summed E-state index contributed by atoms with van der Waals surface area (Å²) in [6, 6.07) is 5.12. The van der Waals surface area contributed by atoms with Gasteiger partial charge in [-0.3, -0.25) is 9.48 Å². The van der Waals surface area contributed by atoms with Crippen LogP contribution in [0, 0.1) is 12.8 Å². The molecule has 1 aliphatic carbocycles. The van der Waals surface area contributed by atoms with Crippen LogP contribution in [0.15, 0.2) is 29.2 Å². The van der Waals surface area contributed by atoms with E-state index in [1.54, 1.807) is 0 Å². The van der Waals surface area contributed by atoms with E-state index < -0.39 is 44.8 Å². The Balaban J connectivity index is 1.94. The van der Waals surface area contributed by atoms with E-state index in [0.717, 1.165) is 23.9 Å². The van der Waals surface area contributed by atoms with Crippen molar-refractivity contribution in [2.75, 3.05) is 11.6 Å². The number of nitrogens with one attached hydrogen (secondary N) is 1. The molecule has 0 unspecified atom stereocenters. The zero-order valence-electron chi connectivity index (χ0n) is 17.3. The summed E-state index contributed by atoms with van der Waals surface area (Å²) in [5.74, 6) is -4.27. The SMILES string of the molecule is Cc1nn(CC2CCC(F)(F)CC2)c(C(=O)Nc2cccc(S(C)(=O)=O)c2)c1C(F)(F)F. The fraction of sp³-hybridized carbons (Fsp3) is 0.500. The first-order chi connectivity index (χ1) is 14.7. The van der Waals surface area contributed by atoms with Crippen molar-refractivity contribution < 1.29 is 35.2 Å². The lowest BCUT2D eigenvalue weighted by Crippen LogP contribution is -2.29. The number of hydrogen-bond donors (Lipinski definition) is 1. The van der Waals surface area contributed by atoms with E-state index in [9.17, 15) is 35.2 Å². The number of hydrogen-bond acceptors (Lipinski definition) is 4. The van der Waals surface area contributed by atoms with E-state index in [1.807, 2.05) is 0 Å². The maximum Gasteiger partial charge on any atom is 0.420 e. The van der Waals surface area contributed by atoms with Crippen LogP contribution in [-0.4, -0.2) is 36.3 Å². The van der Waals surface area contributed by atoms with Gasteiger partial charge in [-0.15, -0.1) is 0 Å². The van der Waals surface area contributed by atoms with Crippen molar-refractivity contribution in [2.45, 2.75) is 56.1 Å². The van der Waals surface area contributed by atoms with Crippen molar-refractivity contribution in [3.63, 3.8) is 0 Å². The normalized spacial score (nSPS) is 17.3. The third kappa shape index (κ3) is 5.45. The van der Waals surface area contributed by atoms with Crippen molar-refractivity contribution in [2.24, 2.45) is 5.92 Å². The van der Waals surface area contributed by atoms with Gasteiger partial charge in [-0.1, -0.05) is 6.07 Å². The number of benzene rings is 1. The molecule has 176 valence electrons. The minimum atomic E-state index is -4.87. The lowest BCUT2D eigenvalue weighted by Gasteiger charge is -2.28. The number of nitrogens with zero attached hydrogens (tertiary/aromatic N) is 2. The van der Waals surface area contributed by atoms with Gasteiger partial charge in [-0.25, -0.2) is 17.2 Å². The topological polar surface area (TPSA) is 81.1 Å². The Bertz CT molecular complexity index is 1120. The molecule has 12 heteroatoms. The number of aryl methyl sites for hydroxylation is 1. The first-order valence-electron chi connectivity index (χ1n) is 9.81. The summed E-state index contributed by atoms with van der Waals surface area (Å²) >= 11 is 0. The minimum absolute atomic E-state index is 0.00578. The van der Waals surface area contributed by atoms with E-state index in [1.165, 1.54) is 18.2 Å². The third-order valence-electron chi connectivity index (χ3n) is 5.41. The molecular weight excluding hydrogens is 457 g/mol. The van der Waals surface area contributed by atoms with Gasteiger partial charge in [0.05, 0.1) is 10.6 Å². The number of amides is 1. The van der Waals surface area contributed by atoms with Gasteiger partial charge >= 0.3 is 6.18 Å². The van der Waals surface area contributed by atoms with Crippen molar-refractivity contribution in [3.8, 4) is 0 Å². The van der Waals surface area contributed by atoms with Crippen LogP contribution in [0.25, 0.3) is 0 Å². The fourth-order valence-electron chi connectivity index (χ4n) is 3.81. The zero-order valence-corrected chi connectivity index (χ0v) is 18.2. The molecule has 1 heterocycles. The smallest absolute Gasteiger partial charge is 0.321 e. The molecule has 1 aliphatic rings. The lowest BCUT2D eigenvalue weighted by molar-refractivity contribution is -0.138. The van der Waals surface area contributed by atoms with E-state index in [-0.39, 0.29) is 48.7 Å². The standard InChI is InChI=1S/C20H22F5N3O3S/c1-12-16(20(23,24)25)17(28(27-12)11-13-6-8-19(21,22)9-7-13)18(29)26-14-4-3-5-15(10-14)32(2,30)31/h3-5,10,13H,6-9,11H2,1-2H3,(H,26,29). The van der Waals surface area contributed by atoms with Crippen LogP contribution in [0.5, 0.6) is 0 Å². The number of sulfone groups is 1. The van der Waals surface area contributed by atoms with Crippen molar-refractivity contribution >= 4 is 21.4 Å². The summed E-state index contributed by atoms with van der Waals surface area (Å²) < 4.78 is 92.4. The highest BCUT2D eigenvalue weighted by Crippen LogP contribution is 2.39. The molecule has 1 aromatic carbocycles. The lowest BCUT2D eigenvalue weighted by atomic mass is 9.87. The Morgan fingerprint density at radius 2 is 1.88 bits per heavy atom. The van der Waals surface area contributed by atoms with Crippen molar-refractivity contribution in [1.82, 2.24) is 9.78 Å². The van der Waals surface area contributed by atoms with Gasteiger partial charge in [0.1, 0.15) is 11.3 Å². The summed E-state index contributed by atoms with van der Waals surface area (Å²) in [4.78, 5) is 12.8. The summed E-state index contributed by atoms with van der Waals surface area (Å²) in [6.45, 7) is 1.01. The highest BCUT2D eigenvalue weighted by Gasteiger charge is 2.42. The summed E-state index contributed by atoms with van der Waals surface area (Å²) in [6.07, 6.45) is -4.45. The average molecular weight is 479 g/mol. The van der Waals surface area contributed by atoms with Crippen LogP contribution in [0.3, 0.4) is 0 Å². The highest BCUT2D eigenvalue weighted by molar-refractivity contribution is 7.90. The molecule has 0 spiro atoms. The predicted molar refractivity (Wildman–Crippen MR) is 106 cm³/mol. The predicted octanol–water partition coefficient (Wildman–Crippen LogP) is 4.69. The molecule has 0 bridgehead atoms. The first kappa shape index (κ1) is 24.1. The second-order valence-corrected chi connectivity index (χ2v) is 10.1. The van der Waals surface area contributed by atoms with Gasteiger partial charge in [-0.2, -0.15) is 18.3 Å². The molecule has 0 atom stereocenters. The molecular formula is C20H22F5N3O3S. The Hall–Kier alpha value is -2.50. The van der Waals surface area contributed by atoms with E-state index in [4.69, 9.17) is 0 Å². The molecule has 0 saturated heterocycles. The molecule has 1 saturated carbocycles. The molecule has 1 aromatic heterocycles. The number of halogens is 5. The molecule has 1 fully saturated rings. The Morgan fingerprint density at radius 1 is 1.25 bits per heavy atom. The quantitative estimate of drug-likeness (QED) is 0.631. The molecule has 1 amide bonds. The van der Waals surface area contributed by atoms with Crippen LogP contribution in [0.4, 0.5) is 27.6 Å². The fourth-order valence-corrected chi connectivity index (χ4v) is 4.47. The number of rotatable bonds is 5. The average Bonchev–Trinajstić information content (AvgIpc) is 2.99. The summed E-state index contributed by atoms with van der Waals surface area (Å²) in [5.41, 5.74) is -2.37. The van der Waals surface area contributed by atoms with E-state index in [0.29, 0.717) is 0 Å². The van der Waals surface area contributed by atoms with Gasteiger partial charge in [-0.05, 0) is 43.9 Å². The first-order valence-corrected chi connectivity index (χ1v) is 11.7. The van der Waals surface area contributed by atoms with Crippen molar-refractivity contribution in [1.29, 1.82) is 0 Å². The Kier molecular flexibility index (Phi) is 6.38. The maximum atomic E-state index is 13.7. The van der Waals surface area contributed by atoms with E-state index in [2.05, 4.69) is 10.4 Å². The molecule has 1 N–H and O–H groups in total. The Morgan fingerprint density at radius 3 is 2.44 bits per heavy atom. The van der Waals surface area contributed by atoms with E-state index >= 15 is 0 Å². The minimum Gasteiger partial charge on any atom is -0.321 e. The maximum absolute atomic E-state index is 13.7. The van der Waals surface area contributed by atoms with Crippen molar-refractivity contribution in [3.05, 3.63) is 41.2 Å². The van der Waals surface area contributed by atoms with Gasteiger partial charge < -0.3 is 5.32 Å². The van der Waals surface area contributed by atoms with Crippen LogP contribution < -0.4 is 5.32 Å². The van der Waals surface area contributed by atoms with Gasteiger partial charge in [0.25, 0.3) is 5.91 Å². The van der Waals surface area contributed by atoms with Crippen LogP contribution in [0.2, 0.25) is 0 Å². The highest BCUT2D eigenvalue weighted by atomic mass is 32.2. The molecule has 32 heavy (non-hydrogen) atoms. The molecule has 0 radical (unpaired) electrons. The summed E-state index contributed by atoms with van der Waals surface area (Å²) in [5, 5.41) is 6.18. The van der Waals surface area contributed by atoms with Gasteiger partial charge in [0.15, 0.2) is 9.84 Å². The second-order valence-electron chi connectivity index (χ2n) is 8.04. The monoisotopic (exact) mass is 479 g/mol. The van der Waals surface area contributed by atoms with Gasteiger partial charge in [0.2, 0.25) is 5.92 Å². The second kappa shape index (κ2) is 8.45. The number of carbonyl (C=O) groups excluding carboxylic acids is 1. The number of aromatic nitrogens is 2. The Labute approximate surface area is 181 Å². The molecule has 2 aromatic rings. The number of anilines is 1. The zero-order chi connectivity index (χ0) is 23.9. The van der Waals surface area contributed by atoms with Crippen LogP contribution >= 0.6 is 0 Å². The third-order valence-corrected chi connectivity index (χ3v) is 6.52. The van der Waals surface area contributed by atoms with Gasteiger partial charge in [0, 0.05) is 31.3 Å². The number of alkyl halides is 5. The van der Waals surface area contributed by atoms with Crippen LogP contribution in [-0.2, 0) is 22.6 Å². The van der Waals surface area contributed by atoms with Crippen LogP contribution in [0.1, 0.15) is 47.4 Å². The largest absolute Gasteiger partial charge is 0.420 e. The molecule has 3 rings (SSSR count). The molecule has 6 nitrogen and oxygen atoms in total. The number of carbonyl (C=O) groups is 1. The molecule has 0 aliphatic heterocycles.